The van der Waals surface area contributed by atoms with Gasteiger partial charge >= 0.3 is 0 Å². The zero-order valence-electron chi connectivity index (χ0n) is 10.8. The summed E-state index contributed by atoms with van der Waals surface area (Å²) in [4.78, 5) is 12.6. The molecule has 94 valence electrons. The molecular weight excluding hydrogens is 232 g/mol. The predicted molar refractivity (Wildman–Crippen MR) is 72.7 cm³/mol. The number of nitrogens with two attached hydrogens (primary N) is 1. The maximum absolute atomic E-state index is 11.4. The van der Waals surface area contributed by atoms with Crippen LogP contribution in [0.3, 0.4) is 0 Å². The van der Waals surface area contributed by atoms with E-state index in [2.05, 4.69) is 37.5 Å². The van der Waals surface area contributed by atoms with Crippen molar-refractivity contribution in [2.24, 2.45) is 11.8 Å². The third-order valence-electron chi connectivity index (χ3n) is 3.06. The molecule has 3 nitrogen and oxygen atoms in total. The van der Waals surface area contributed by atoms with E-state index < -0.39 is 0 Å². The number of carbonyl (C=O) groups excluding carboxylic acids is 1. The molecule has 2 atom stereocenters. The number of rotatable bonds is 4. The van der Waals surface area contributed by atoms with Crippen molar-refractivity contribution in [3.63, 3.8) is 0 Å². The molecule has 0 aliphatic heterocycles. The fraction of sp³-hybridized carbons (Fsp3) is 0.462. The number of hydrazine groups is 1. The van der Waals surface area contributed by atoms with Crippen molar-refractivity contribution in [3.8, 4) is 0 Å². The molecule has 4 heteroatoms. The van der Waals surface area contributed by atoms with Crippen LogP contribution in [-0.4, -0.2) is 11.2 Å². The largest absolute Gasteiger partial charge is 0.294 e. The van der Waals surface area contributed by atoms with Crippen molar-refractivity contribution in [2.45, 2.75) is 37.8 Å². The molecule has 1 aromatic rings. The molecule has 1 amide bonds. The molecule has 3 N–H and O–H groups in total. The molecular formula is C13H20N2OS. The first-order valence-corrected chi connectivity index (χ1v) is 6.58. The Labute approximate surface area is 107 Å². The molecule has 0 radical (unpaired) electrons. The number of carbonyl (C=O) groups is 1. The fourth-order valence-electron chi connectivity index (χ4n) is 1.45. The van der Waals surface area contributed by atoms with Gasteiger partial charge in [-0.05, 0) is 37.1 Å². The minimum absolute atomic E-state index is 0.105. The number of hydrogen-bond acceptors (Lipinski definition) is 3. The molecule has 0 aliphatic carbocycles. The molecule has 2 unspecified atom stereocenters. The predicted octanol–water partition coefficient (Wildman–Crippen LogP) is 2.41. The summed E-state index contributed by atoms with van der Waals surface area (Å²) in [5.41, 5.74) is 4.76. The van der Waals surface area contributed by atoms with Crippen LogP contribution in [0.15, 0.2) is 23.1 Å². The lowest BCUT2D eigenvalue weighted by molar-refractivity contribution is -0.124. The number of aryl methyl sites for hydroxylation is 2. The minimum Gasteiger partial charge on any atom is -0.294 e. The molecule has 0 fully saturated rings. The number of hydrogen-bond donors (Lipinski definition) is 2. The summed E-state index contributed by atoms with van der Waals surface area (Å²) in [5.74, 6) is 4.92. The first-order valence-electron chi connectivity index (χ1n) is 5.70. The van der Waals surface area contributed by atoms with Gasteiger partial charge in [-0.25, -0.2) is 5.84 Å². The molecule has 0 bridgehead atoms. The first-order chi connectivity index (χ1) is 7.95. The molecule has 1 aromatic carbocycles. The third-order valence-corrected chi connectivity index (χ3v) is 4.37. The van der Waals surface area contributed by atoms with E-state index in [1.54, 1.807) is 11.8 Å². The Morgan fingerprint density at radius 3 is 2.47 bits per heavy atom. The molecule has 17 heavy (non-hydrogen) atoms. The Morgan fingerprint density at radius 1 is 1.29 bits per heavy atom. The molecule has 0 saturated carbocycles. The summed E-state index contributed by atoms with van der Waals surface area (Å²) in [6.07, 6.45) is 0. The summed E-state index contributed by atoms with van der Waals surface area (Å²) in [6.45, 7) is 8.12. The average Bonchev–Trinajstić information content (AvgIpc) is 2.31. The van der Waals surface area contributed by atoms with Gasteiger partial charge in [0.25, 0.3) is 0 Å². The Hall–Kier alpha value is -1.00. The van der Waals surface area contributed by atoms with Crippen molar-refractivity contribution in [1.82, 2.24) is 5.43 Å². The van der Waals surface area contributed by atoms with E-state index >= 15 is 0 Å². The maximum atomic E-state index is 11.4. The van der Waals surface area contributed by atoms with Crippen LogP contribution < -0.4 is 11.3 Å². The van der Waals surface area contributed by atoms with Crippen molar-refractivity contribution in [2.75, 3.05) is 0 Å². The summed E-state index contributed by atoms with van der Waals surface area (Å²) in [5, 5.41) is 0.195. The third kappa shape index (κ3) is 3.75. The van der Waals surface area contributed by atoms with E-state index in [9.17, 15) is 4.79 Å². The zero-order valence-corrected chi connectivity index (χ0v) is 11.6. The van der Waals surface area contributed by atoms with Crippen LogP contribution in [0.2, 0.25) is 0 Å². The maximum Gasteiger partial charge on any atom is 0.237 e. The highest BCUT2D eigenvalue weighted by atomic mass is 32.2. The summed E-state index contributed by atoms with van der Waals surface area (Å²) < 4.78 is 0. The lowest BCUT2D eigenvalue weighted by atomic mass is 10.1. The average molecular weight is 252 g/mol. The molecule has 1 rings (SSSR count). The van der Waals surface area contributed by atoms with E-state index in [1.807, 2.05) is 13.8 Å². The zero-order chi connectivity index (χ0) is 13.0. The summed E-state index contributed by atoms with van der Waals surface area (Å²) >= 11 is 1.70. The van der Waals surface area contributed by atoms with Gasteiger partial charge in [0.15, 0.2) is 0 Å². The molecule has 0 aliphatic rings. The van der Waals surface area contributed by atoms with E-state index in [0.717, 1.165) is 0 Å². The highest BCUT2D eigenvalue weighted by molar-refractivity contribution is 8.00. The fourth-order valence-corrected chi connectivity index (χ4v) is 2.60. The number of thioether (sulfide) groups is 1. The molecule has 0 aromatic heterocycles. The lowest BCUT2D eigenvalue weighted by Gasteiger charge is -2.18. The standard InChI is InChI=1S/C13H20N2OS/c1-8-5-6-12(7-9(8)2)17-11(4)10(3)13(16)15-14/h5-7,10-11H,14H2,1-4H3,(H,15,16). The van der Waals surface area contributed by atoms with Gasteiger partial charge in [0, 0.05) is 16.1 Å². The van der Waals surface area contributed by atoms with Gasteiger partial charge in [0.05, 0.1) is 0 Å². The Kier molecular flexibility index (Phi) is 5.02. The van der Waals surface area contributed by atoms with Crippen LogP contribution in [0.5, 0.6) is 0 Å². The van der Waals surface area contributed by atoms with Crippen molar-refractivity contribution >= 4 is 17.7 Å². The van der Waals surface area contributed by atoms with Crippen LogP contribution in [-0.2, 0) is 4.79 Å². The normalized spacial score (nSPS) is 14.2. The Morgan fingerprint density at radius 2 is 1.94 bits per heavy atom. The quantitative estimate of drug-likeness (QED) is 0.374. The van der Waals surface area contributed by atoms with Gasteiger partial charge in [-0.2, -0.15) is 0 Å². The van der Waals surface area contributed by atoms with Gasteiger partial charge in [-0.1, -0.05) is 19.9 Å². The van der Waals surface area contributed by atoms with Gasteiger partial charge in [-0.3, -0.25) is 10.2 Å². The van der Waals surface area contributed by atoms with E-state index in [4.69, 9.17) is 5.84 Å². The summed E-state index contributed by atoms with van der Waals surface area (Å²) in [7, 11) is 0. The second-order valence-electron chi connectivity index (χ2n) is 4.37. The number of benzene rings is 1. The molecule has 0 heterocycles. The van der Waals surface area contributed by atoms with Gasteiger partial charge < -0.3 is 0 Å². The molecule has 0 saturated heterocycles. The van der Waals surface area contributed by atoms with Crippen molar-refractivity contribution < 1.29 is 4.79 Å². The number of amides is 1. The topological polar surface area (TPSA) is 55.1 Å². The van der Waals surface area contributed by atoms with Crippen molar-refractivity contribution in [1.29, 1.82) is 0 Å². The minimum atomic E-state index is -0.117. The first kappa shape index (κ1) is 14.1. The van der Waals surface area contributed by atoms with Gasteiger partial charge in [0.2, 0.25) is 5.91 Å². The van der Waals surface area contributed by atoms with Gasteiger partial charge in [-0.15, -0.1) is 11.8 Å². The van der Waals surface area contributed by atoms with Crippen LogP contribution in [0.4, 0.5) is 0 Å². The molecule has 0 spiro atoms. The Balaban J connectivity index is 2.70. The second kappa shape index (κ2) is 6.07. The Bertz CT molecular complexity index is 406. The van der Waals surface area contributed by atoms with E-state index in [1.165, 1.54) is 16.0 Å². The van der Waals surface area contributed by atoms with Crippen LogP contribution in [0, 0.1) is 19.8 Å². The lowest BCUT2D eigenvalue weighted by Crippen LogP contribution is -2.38. The van der Waals surface area contributed by atoms with E-state index in [0.29, 0.717) is 0 Å². The smallest absolute Gasteiger partial charge is 0.237 e. The van der Waals surface area contributed by atoms with E-state index in [-0.39, 0.29) is 17.1 Å². The number of nitrogens with one attached hydrogen (secondary N) is 1. The SMILES string of the molecule is Cc1ccc(SC(C)C(C)C(=O)NN)cc1C. The highest BCUT2D eigenvalue weighted by Gasteiger charge is 2.20. The van der Waals surface area contributed by atoms with Crippen molar-refractivity contribution in [3.05, 3.63) is 29.3 Å². The monoisotopic (exact) mass is 252 g/mol. The highest BCUT2D eigenvalue weighted by Crippen LogP contribution is 2.29. The second-order valence-corrected chi connectivity index (χ2v) is 5.82. The van der Waals surface area contributed by atoms with Gasteiger partial charge in [0.1, 0.15) is 0 Å². The summed E-state index contributed by atoms with van der Waals surface area (Å²) in [6, 6.07) is 6.36. The van der Waals surface area contributed by atoms with Crippen LogP contribution >= 0.6 is 11.8 Å². The van der Waals surface area contributed by atoms with Crippen LogP contribution in [0.25, 0.3) is 0 Å². The van der Waals surface area contributed by atoms with Crippen LogP contribution in [0.1, 0.15) is 25.0 Å².